The summed E-state index contributed by atoms with van der Waals surface area (Å²) in [4.78, 5) is 10.5. The summed E-state index contributed by atoms with van der Waals surface area (Å²) < 4.78 is 15.3. The van der Waals surface area contributed by atoms with Gasteiger partial charge >= 0.3 is 0 Å². The van der Waals surface area contributed by atoms with E-state index in [1.54, 1.807) is 6.07 Å². The van der Waals surface area contributed by atoms with Crippen LogP contribution in [0.25, 0.3) is 0 Å². The Hall–Kier alpha value is -0.790. The van der Waals surface area contributed by atoms with Crippen molar-refractivity contribution in [3.8, 4) is 0 Å². The van der Waals surface area contributed by atoms with Crippen LogP contribution in [0.2, 0.25) is 0 Å². The normalized spacial score (nSPS) is 13.4. The van der Waals surface area contributed by atoms with E-state index in [1.807, 2.05) is 20.8 Å². The highest BCUT2D eigenvalue weighted by molar-refractivity contribution is 9.10. The predicted molar refractivity (Wildman–Crippen MR) is 70.1 cm³/mol. The van der Waals surface area contributed by atoms with Crippen LogP contribution in [0.4, 0.5) is 5.69 Å². The van der Waals surface area contributed by atoms with Crippen molar-refractivity contribution in [1.82, 2.24) is 4.72 Å². The molecule has 5 nitrogen and oxygen atoms in total. The molecule has 7 heteroatoms. The van der Waals surface area contributed by atoms with Gasteiger partial charge in [-0.2, -0.15) is 0 Å². The molecule has 0 aromatic heterocycles. The van der Waals surface area contributed by atoms with Gasteiger partial charge in [0.05, 0.1) is 9.82 Å². The summed E-state index contributed by atoms with van der Waals surface area (Å²) in [5, 5.41) is 10.7. The van der Waals surface area contributed by atoms with Crippen LogP contribution < -0.4 is 4.72 Å². The maximum atomic E-state index is 11.9. The SMILES string of the molecule is CC(C)(C)NS(=O)c1cc(Br)cc([N+](=O)[O-])c1. The molecular formula is C10H13BrN2O3S. The third-order valence-electron chi connectivity index (χ3n) is 1.68. The Morgan fingerprint density at radius 3 is 2.41 bits per heavy atom. The molecule has 1 unspecified atom stereocenters. The van der Waals surface area contributed by atoms with Gasteiger partial charge in [-0.3, -0.25) is 10.1 Å². The Balaban J connectivity index is 3.06. The fourth-order valence-corrected chi connectivity index (χ4v) is 2.87. The van der Waals surface area contributed by atoms with Crippen LogP contribution in [0.1, 0.15) is 20.8 Å². The van der Waals surface area contributed by atoms with Crippen molar-refractivity contribution >= 4 is 32.6 Å². The van der Waals surface area contributed by atoms with E-state index in [1.165, 1.54) is 12.1 Å². The maximum absolute atomic E-state index is 11.9. The molecule has 0 saturated carbocycles. The minimum atomic E-state index is -1.47. The molecule has 1 rings (SSSR count). The summed E-state index contributed by atoms with van der Waals surface area (Å²) in [6, 6.07) is 4.28. The van der Waals surface area contributed by atoms with Gasteiger partial charge in [-0.05, 0) is 26.8 Å². The van der Waals surface area contributed by atoms with Gasteiger partial charge in [0.2, 0.25) is 0 Å². The number of nitro groups is 1. The minimum absolute atomic E-state index is 0.0848. The molecule has 0 aliphatic carbocycles. The van der Waals surface area contributed by atoms with Gasteiger partial charge in [0, 0.05) is 22.1 Å². The van der Waals surface area contributed by atoms with Crippen LogP contribution in [0.15, 0.2) is 27.6 Å². The Labute approximate surface area is 110 Å². The quantitative estimate of drug-likeness (QED) is 0.687. The molecule has 0 amide bonds. The number of hydrogen-bond acceptors (Lipinski definition) is 3. The topological polar surface area (TPSA) is 72.2 Å². The summed E-state index contributed by atoms with van der Waals surface area (Å²) in [5.41, 5.74) is -0.416. The Morgan fingerprint density at radius 2 is 1.94 bits per heavy atom. The van der Waals surface area contributed by atoms with Crippen molar-refractivity contribution in [2.45, 2.75) is 31.2 Å². The van der Waals surface area contributed by atoms with Crippen molar-refractivity contribution in [3.63, 3.8) is 0 Å². The molecule has 1 atom stereocenters. The van der Waals surface area contributed by atoms with Gasteiger partial charge in [0.25, 0.3) is 5.69 Å². The summed E-state index contributed by atoms with van der Waals surface area (Å²) in [6.45, 7) is 5.62. The number of nitro benzene ring substituents is 1. The number of halogens is 1. The number of nitrogens with one attached hydrogen (secondary N) is 1. The van der Waals surface area contributed by atoms with Gasteiger partial charge in [-0.25, -0.2) is 8.93 Å². The van der Waals surface area contributed by atoms with Gasteiger partial charge in [-0.15, -0.1) is 0 Å². The lowest BCUT2D eigenvalue weighted by Crippen LogP contribution is -2.37. The zero-order valence-corrected chi connectivity index (χ0v) is 12.1. The fraction of sp³-hybridized carbons (Fsp3) is 0.400. The predicted octanol–water partition coefficient (Wildman–Crippen LogP) is 2.77. The molecule has 1 aromatic carbocycles. The second-order valence-corrected chi connectivity index (χ2v) is 6.65. The van der Waals surface area contributed by atoms with Gasteiger partial charge in [-0.1, -0.05) is 15.9 Å². The lowest BCUT2D eigenvalue weighted by molar-refractivity contribution is -0.385. The zero-order chi connectivity index (χ0) is 13.2. The van der Waals surface area contributed by atoms with E-state index in [0.717, 1.165) is 0 Å². The first-order chi connectivity index (χ1) is 7.69. The molecule has 1 aromatic rings. The van der Waals surface area contributed by atoms with Crippen LogP contribution >= 0.6 is 15.9 Å². The third-order valence-corrected chi connectivity index (χ3v) is 3.60. The van der Waals surface area contributed by atoms with Gasteiger partial charge < -0.3 is 0 Å². The van der Waals surface area contributed by atoms with E-state index in [-0.39, 0.29) is 11.2 Å². The molecular weight excluding hydrogens is 308 g/mol. The van der Waals surface area contributed by atoms with E-state index < -0.39 is 15.9 Å². The Morgan fingerprint density at radius 1 is 1.35 bits per heavy atom. The highest BCUT2D eigenvalue weighted by Crippen LogP contribution is 2.23. The van der Waals surface area contributed by atoms with Crippen LogP contribution in [0.5, 0.6) is 0 Å². The molecule has 0 spiro atoms. The van der Waals surface area contributed by atoms with E-state index in [0.29, 0.717) is 9.37 Å². The molecule has 1 N–H and O–H groups in total. The first-order valence-corrected chi connectivity index (χ1v) is 6.78. The van der Waals surface area contributed by atoms with E-state index in [4.69, 9.17) is 0 Å². The first kappa shape index (κ1) is 14.3. The number of hydrogen-bond donors (Lipinski definition) is 1. The highest BCUT2D eigenvalue weighted by Gasteiger charge is 2.17. The number of nitrogens with zero attached hydrogens (tertiary/aromatic N) is 1. The lowest BCUT2D eigenvalue weighted by atomic mass is 10.1. The molecule has 0 saturated heterocycles. The molecule has 0 heterocycles. The summed E-state index contributed by atoms with van der Waals surface area (Å²) in [5.74, 6) is 0. The first-order valence-electron chi connectivity index (χ1n) is 4.83. The number of rotatable bonds is 3. The molecule has 17 heavy (non-hydrogen) atoms. The second kappa shape index (κ2) is 5.24. The Bertz CT molecular complexity index is 471. The maximum Gasteiger partial charge on any atom is 0.271 e. The van der Waals surface area contributed by atoms with Crippen LogP contribution in [0, 0.1) is 10.1 Å². The molecule has 94 valence electrons. The Kier molecular flexibility index (Phi) is 4.40. The van der Waals surface area contributed by atoms with Crippen molar-refractivity contribution in [1.29, 1.82) is 0 Å². The van der Waals surface area contributed by atoms with Crippen molar-refractivity contribution in [3.05, 3.63) is 32.8 Å². The number of non-ortho nitro benzene ring substituents is 1. The molecule has 0 radical (unpaired) electrons. The molecule has 0 bridgehead atoms. The monoisotopic (exact) mass is 320 g/mol. The largest absolute Gasteiger partial charge is 0.271 e. The van der Waals surface area contributed by atoms with Crippen LogP contribution in [-0.4, -0.2) is 14.7 Å². The zero-order valence-electron chi connectivity index (χ0n) is 9.69. The van der Waals surface area contributed by atoms with Crippen molar-refractivity contribution < 1.29 is 9.13 Å². The van der Waals surface area contributed by atoms with Gasteiger partial charge in [0.15, 0.2) is 0 Å². The smallest absolute Gasteiger partial charge is 0.258 e. The average molecular weight is 321 g/mol. The standard InChI is InChI=1S/C10H13BrN2O3S/c1-10(2,3)12-17(16)9-5-7(11)4-8(6-9)13(14)15/h4-6,12H,1-3H3. The summed E-state index contributed by atoms with van der Waals surface area (Å²) in [7, 11) is -1.47. The van der Waals surface area contributed by atoms with Crippen molar-refractivity contribution in [2.75, 3.05) is 0 Å². The highest BCUT2D eigenvalue weighted by atomic mass is 79.9. The second-order valence-electron chi connectivity index (χ2n) is 4.52. The van der Waals surface area contributed by atoms with Crippen LogP contribution in [0.3, 0.4) is 0 Å². The average Bonchev–Trinajstić information content (AvgIpc) is 2.13. The lowest BCUT2D eigenvalue weighted by Gasteiger charge is -2.19. The third kappa shape index (κ3) is 4.53. The number of benzene rings is 1. The van der Waals surface area contributed by atoms with Gasteiger partial charge in [0.1, 0.15) is 11.0 Å². The van der Waals surface area contributed by atoms with E-state index in [2.05, 4.69) is 20.7 Å². The van der Waals surface area contributed by atoms with Crippen LogP contribution in [-0.2, 0) is 11.0 Å². The minimum Gasteiger partial charge on any atom is -0.258 e. The fourth-order valence-electron chi connectivity index (χ4n) is 1.10. The molecule has 0 fully saturated rings. The summed E-state index contributed by atoms with van der Waals surface area (Å²) >= 11 is 3.16. The summed E-state index contributed by atoms with van der Waals surface area (Å²) in [6.07, 6.45) is 0. The van der Waals surface area contributed by atoms with Crippen molar-refractivity contribution in [2.24, 2.45) is 0 Å². The van der Waals surface area contributed by atoms with E-state index >= 15 is 0 Å². The molecule has 0 aliphatic heterocycles. The molecule has 0 aliphatic rings. The van der Waals surface area contributed by atoms with E-state index in [9.17, 15) is 14.3 Å².